The van der Waals surface area contributed by atoms with Crippen molar-refractivity contribution in [3.63, 3.8) is 0 Å². The molecule has 20 heavy (non-hydrogen) atoms. The molecule has 2 heterocycles. The topological polar surface area (TPSA) is 115 Å². The second kappa shape index (κ2) is 6.35. The lowest BCUT2D eigenvalue weighted by atomic mass is 10.2. The summed E-state index contributed by atoms with van der Waals surface area (Å²) in [5.74, 6) is 0.117. The van der Waals surface area contributed by atoms with E-state index in [9.17, 15) is 9.59 Å². The Hall–Kier alpha value is -2.13. The van der Waals surface area contributed by atoms with Gasteiger partial charge in [0.15, 0.2) is 5.82 Å². The number of amides is 1. The summed E-state index contributed by atoms with van der Waals surface area (Å²) >= 11 is 0. The van der Waals surface area contributed by atoms with Crippen LogP contribution in [0.4, 0.5) is 10.6 Å². The van der Waals surface area contributed by atoms with Gasteiger partial charge in [0.1, 0.15) is 6.23 Å². The molecular formula is C11H16N4O5. The van der Waals surface area contributed by atoms with E-state index < -0.39 is 18.0 Å². The van der Waals surface area contributed by atoms with Crippen molar-refractivity contribution < 1.29 is 19.5 Å². The first-order chi connectivity index (χ1) is 9.63. The van der Waals surface area contributed by atoms with Crippen molar-refractivity contribution in [3.8, 4) is 0 Å². The lowest BCUT2D eigenvalue weighted by Gasteiger charge is -2.14. The van der Waals surface area contributed by atoms with Crippen LogP contribution in [0, 0.1) is 0 Å². The van der Waals surface area contributed by atoms with Gasteiger partial charge < -0.3 is 20.0 Å². The molecule has 0 aliphatic carbocycles. The van der Waals surface area contributed by atoms with Gasteiger partial charge in [0.05, 0.1) is 12.7 Å². The van der Waals surface area contributed by atoms with Crippen LogP contribution in [0.2, 0.25) is 0 Å². The van der Waals surface area contributed by atoms with Crippen LogP contribution in [0.25, 0.3) is 0 Å². The predicted octanol–water partition coefficient (Wildman–Crippen LogP) is -0.404. The Bertz CT molecular complexity index is 532. The lowest BCUT2D eigenvalue weighted by Crippen LogP contribution is -2.29. The van der Waals surface area contributed by atoms with E-state index in [-0.39, 0.29) is 18.5 Å². The third-order valence-electron chi connectivity index (χ3n) is 2.88. The summed E-state index contributed by atoms with van der Waals surface area (Å²) in [5, 5.41) is 11.2. The quantitative estimate of drug-likeness (QED) is 0.644. The highest BCUT2D eigenvalue weighted by Gasteiger charge is 2.26. The van der Waals surface area contributed by atoms with Crippen LogP contribution in [0.5, 0.6) is 0 Å². The van der Waals surface area contributed by atoms with Crippen molar-refractivity contribution >= 4 is 11.9 Å². The zero-order valence-corrected chi connectivity index (χ0v) is 10.9. The van der Waals surface area contributed by atoms with Crippen LogP contribution >= 0.6 is 0 Å². The number of nitrogens with zero attached hydrogens (tertiary/aromatic N) is 2. The van der Waals surface area contributed by atoms with Gasteiger partial charge in [-0.1, -0.05) is 0 Å². The second-order valence-corrected chi connectivity index (χ2v) is 4.22. The van der Waals surface area contributed by atoms with Crippen molar-refractivity contribution in [2.24, 2.45) is 0 Å². The Balaban J connectivity index is 2.03. The van der Waals surface area contributed by atoms with E-state index in [1.165, 1.54) is 23.9 Å². The van der Waals surface area contributed by atoms with Gasteiger partial charge in [-0.15, -0.1) is 0 Å². The van der Waals surface area contributed by atoms with Crippen LogP contribution in [-0.2, 0) is 9.57 Å². The zero-order chi connectivity index (χ0) is 14.5. The molecule has 9 heteroatoms. The van der Waals surface area contributed by atoms with Crippen LogP contribution in [0.1, 0.15) is 19.1 Å². The Morgan fingerprint density at radius 2 is 2.45 bits per heavy atom. The summed E-state index contributed by atoms with van der Waals surface area (Å²) < 4.78 is 6.82. The minimum Gasteiger partial charge on any atom is -0.394 e. The first kappa shape index (κ1) is 14.3. The molecule has 0 unspecified atom stereocenters. The van der Waals surface area contributed by atoms with E-state index >= 15 is 0 Å². The molecule has 0 saturated carbocycles. The highest BCUT2D eigenvalue weighted by molar-refractivity contribution is 5.67. The van der Waals surface area contributed by atoms with Gasteiger partial charge in [-0.05, 0) is 12.8 Å². The molecule has 1 aliphatic heterocycles. The van der Waals surface area contributed by atoms with Crippen LogP contribution in [0.15, 0.2) is 17.1 Å². The average Bonchev–Trinajstić information content (AvgIpc) is 2.93. The summed E-state index contributed by atoms with van der Waals surface area (Å²) in [6.45, 7) is -0.0711. The molecule has 1 aromatic heterocycles. The maximum Gasteiger partial charge on any atom is 0.431 e. The number of anilines is 1. The molecule has 2 rings (SSSR count). The molecule has 1 saturated heterocycles. The van der Waals surface area contributed by atoms with Crippen molar-refractivity contribution in [3.05, 3.63) is 22.7 Å². The van der Waals surface area contributed by atoms with Gasteiger partial charge in [0, 0.05) is 19.3 Å². The highest BCUT2D eigenvalue weighted by atomic mass is 16.7. The second-order valence-electron chi connectivity index (χ2n) is 4.22. The number of aliphatic hydroxyl groups is 1. The number of hydrogen-bond acceptors (Lipinski definition) is 7. The van der Waals surface area contributed by atoms with Gasteiger partial charge in [0.25, 0.3) is 0 Å². The first-order valence-electron chi connectivity index (χ1n) is 6.14. The maximum absolute atomic E-state index is 11.8. The van der Waals surface area contributed by atoms with E-state index in [4.69, 9.17) is 9.84 Å². The summed E-state index contributed by atoms with van der Waals surface area (Å²) in [6.07, 6.45) is 1.44. The van der Waals surface area contributed by atoms with Crippen LogP contribution in [-0.4, -0.2) is 40.5 Å². The molecule has 0 bridgehead atoms. The summed E-state index contributed by atoms with van der Waals surface area (Å²) in [5.41, 5.74) is 1.73. The summed E-state index contributed by atoms with van der Waals surface area (Å²) in [6, 6.07) is 1.49. The van der Waals surface area contributed by atoms with Crippen molar-refractivity contribution in [2.45, 2.75) is 25.2 Å². The monoisotopic (exact) mass is 284 g/mol. The van der Waals surface area contributed by atoms with Gasteiger partial charge in [-0.25, -0.2) is 9.59 Å². The molecule has 1 amide bonds. The number of ether oxygens (including phenoxy) is 1. The molecule has 1 fully saturated rings. The van der Waals surface area contributed by atoms with E-state index in [0.29, 0.717) is 12.8 Å². The van der Waals surface area contributed by atoms with Gasteiger partial charge >= 0.3 is 11.8 Å². The molecule has 0 spiro atoms. The Morgan fingerprint density at radius 3 is 3.05 bits per heavy atom. The Labute approximate surface area is 114 Å². The smallest absolute Gasteiger partial charge is 0.394 e. The fraction of sp³-hybridized carbons (Fsp3) is 0.545. The first-order valence-corrected chi connectivity index (χ1v) is 6.14. The Kier molecular flexibility index (Phi) is 4.53. The van der Waals surface area contributed by atoms with Crippen molar-refractivity contribution in [2.75, 3.05) is 19.1 Å². The highest BCUT2D eigenvalue weighted by Crippen LogP contribution is 2.26. The summed E-state index contributed by atoms with van der Waals surface area (Å²) in [4.78, 5) is 31.0. The molecule has 3 N–H and O–H groups in total. The van der Waals surface area contributed by atoms with Crippen LogP contribution in [0.3, 0.4) is 0 Å². The minimum absolute atomic E-state index is 0.0711. The van der Waals surface area contributed by atoms with E-state index in [1.807, 2.05) is 0 Å². The van der Waals surface area contributed by atoms with Gasteiger partial charge in [-0.3, -0.25) is 4.57 Å². The molecule has 0 radical (unpaired) electrons. The fourth-order valence-electron chi connectivity index (χ4n) is 1.86. The molecule has 110 valence electrons. The number of carbonyl (C=O) groups excluding carboxylic acids is 1. The maximum atomic E-state index is 11.8. The normalized spacial score (nSPS) is 21.5. The predicted molar refractivity (Wildman–Crippen MR) is 67.9 cm³/mol. The van der Waals surface area contributed by atoms with Crippen molar-refractivity contribution in [1.29, 1.82) is 0 Å². The molecule has 1 aromatic rings. The molecule has 1 aliphatic rings. The number of hydrogen-bond donors (Lipinski definition) is 3. The number of aromatic nitrogens is 2. The van der Waals surface area contributed by atoms with Crippen LogP contribution < -0.4 is 16.5 Å². The van der Waals surface area contributed by atoms with Crippen molar-refractivity contribution in [1.82, 2.24) is 14.9 Å². The third kappa shape index (κ3) is 3.25. The molecule has 9 nitrogen and oxygen atoms in total. The zero-order valence-electron chi connectivity index (χ0n) is 10.9. The number of rotatable bonds is 4. The molecular weight excluding hydrogens is 268 g/mol. The fourth-order valence-corrected chi connectivity index (χ4v) is 1.86. The molecule has 2 atom stereocenters. The van der Waals surface area contributed by atoms with E-state index in [1.54, 1.807) is 0 Å². The number of nitrogens with one attached hydrogen (secondary N) is 2. The summed E-state index contributed by atoms with van der Waals surface area (Å²) in [7, 11) is 1.41. The Morgan fingerprint density at radius 1 is 1.65 bits per heavy atom. The largest absolute Gasteiger partial charge is 0.431 e. The lowest BCUT2D eigenvalue weighted by molar-refractivity contribution is -0.0245. The van der Waals surface area contributed by atoms with E-state index in [2.05, 4.69) is 20.6 Å². The minimum atomic E-state index is -0.694. The third-order valence-corrected chi connectivity index (χ3v) is 2.88. The average molecular weight is 284 g/mol. The standard InChI is InChI=1S/C11H16N4O5/c1-12-11(18)20-14-8-4-5-15(10(17)13-8)9-3-2-7(6-16)19-9/h4-5,7,9,16H,2-3,6H2,1H3,(H,12,18)(H,13,14,17)/t7-,9+/m0/s1. The van der Waals surface area contributed by atoms with Gasteiger partial charge in [-0.2, -0.15) is 10.5 Å². The molecule has 0 aromatic carbocycles. The SMILES string of the molecule is CNC(=O)ONc1ccn([C@H]2CC[C@@H](CO)O2)c(=O)n1. The van der Waals surface area contributed by atoms with Gasteiger partial charge in [0.2, 0.25) is 0 Å². The van der Waals surface area contributed by atoms with E-state index in [0.717, 1.165) is 0 Å². The number of aliphatic hydroxyl groups excluding tert-OH is 1. The number of carbonyl (C=O) groups is 1.